The van der Waals surface area contributed by atoms with Crippen LogP contribution in [0.25, 0.3) is 0 Å². The van der Waals surface area contributed by atoms with Gasteiger partial charge in [-0.1, -0.05) is 12.1 Å². The van der Waals surface area contributed by atoms with E-state index in [1.807, 2.05) is 25.1 Å². The summed E-state index contributed by atoms with van der Waals surface area (Å²) in [6.45, 7) is 2.48. The van der Waals surface area contributed by atoms with Crippen molar-refractivity contribution in [3.05, 3.63) is 24.3 Å². The number of benzene rings is 1. The van der Waals surface area contributed by atoms with Gasteiger partial charge in [0.1, 0.15) is 5.75 Å². The summed E-state index contributed by atoms with van der Waals surface area (Å²) in [7, 11) is 1.57. The van der Waals surface area contributed by atoms with E-state index >= 15 is 0 Å². The summed E-state index contributed by atoms with van der Waals surface area (Å²) in [6.07, 6.45) is 0. The molecule has 14 heavy (non-hydrogen) atoms. The third-order valence-electron chi connectivity index (χ3n) is 1.66. The van der Waals surface area contributed by atoms with Crippen LogP contribution in [0.3, 0.4) is 0 Å². The van der Waals surface area contributed by atoms with E-state index in [1.165, 1.54) is 0 Å². The van der Waals surface area contributed by atoms with E-state index in [1.54, 1.807) is 13.1 Å². The Morgan fingerprint density at radius 3 is 2.79 bits per heavy atom. The summed E-state index contributed by atoms with van der Waals surface area (Å²) >= 11 is 0. The number of carbonyl (C=O) groups is 1. The van der Waals surface area contributed by atoms with Gasteiger partial charge in [0.15, 0.2) is 0 Å². The third-order valence-corrected chi connectivity index (χ3v) is 1.66. The molecule has 0 spiro atoms. The van der Waals surface area contributed by atoms with Crippen LogP contribution in [0.15, 0.2) is 24.3 Å². The smallest absolute Gasteiger partial charge is 0.319 e. The lowest BCUT2D eigenvalue weighted by Gasteiger charge is -2.10. The zero-order valence-corrected chi connectivity index (χ0v) is 8.33. The van der Waals surface area contributed by atoms with Crippen molar-refractivity contribution in [1.82, 2.24) is 5.32 Å². The number of anilines is 1. The highest BCUT2D eigenvalue weighted by Crippen LogP contribution is 2.23. The average Bonchev–Trinajstić information content (AvgIpc) is 2.21. The molecule has 0 radical (unpaired) electrons. The molecule has 0 bridgehead atoms. The summed E-state index contributed by atoms with van der Waals surface area (Å²) < 4.78 is 5.34. The highest BCUT2D eigenvalue weighted by Gasteiger charge is 2.04. The van der Waals surface area contributed by atoms with E-state index in [9.17, 15) is 4.79 Å². The number of hydrogen-bond donors (Lipinski definition) is 2. The minimum Gasteiger partial charge on any atom is -0.492 e. The molecule has 4 heteroatoms. The molecule has 0 atom stereocenters. The second kappa shape index (κ2) is 5.11. The predicted molar refractivity (Wildman–Crippen MR) is 55.7 cm³/mol. The third kappa shape index (κ3) is 2.65. The predicted octanol–water partition coefficient (Wildman–Crippen LogP) is 1.84. The molecule has 1 aromatic rings. The highest BCUT2D eigenvalue weighted by molar-refractivity contribution is 5.90. The van der Waals surface area contributed by atoms with Crippen LogP contribution in [-0.4, -0.2) is 19.7 Å². The van der Waals surface area contributed by atoms with Crippen LogP contribution < -0.4 is 15.4 Å². The number of ether oxygens (including phenoxy) is 1. The molecule has 1 aromatic carbocycles. The highest BCUT2D eigenvalue weighted by atomic mass is 16.5. The van der Waals surface area contributed by atoms with Gasteiger partial charge in [0.2, 0.25) is 0 Å². The fourth-order valence-corrected chi connectivity index (χ4v) is 1.04. The second-order valence-electron chi connectivity index (χ2n) is 2.63. The zero-order valence-electron chi connectivity index (χ0n) is 8.33. The van der Waals surface area contributed by atoms with Gasteiger partial charge < -0.3 is 15.4 Å². The monoisotopic (exact) mass is 194 g/mol. The molecule has 0 aliphatic rings. The summed E-state index contributed by atoms with van der Waals surface area (Å²) in [5.41, 5.74) is 0.675. The van der Waals surface area contributed by atoms with Crippen LogP contribution in [0.5, 0.6) is 5.75 Å². The van der Waals surface area contributed by atoms with Crippen molar-refractivity contribution in [2.24, 2.45) is 0 Å². The molecule has 2 N–H and O–H groups in total. The lowest BCUT2D eigenvalue weighted by atomic mass is 10.3. The van der Waals surface area contributed by atoms with Gasteiger partial charge in [0, 0.05) is 7.05 Å². The lowest BCUT2D eigenvalue weighted by molar-refractivity contribution is 0.253. The van der Waals surface area contributed by atoms with Crippen molar-refractivity contribution in [2.75, 3.05) is 19.0 Å². The van der Waals surface area contributed by atoms with Crippen molar-refractivity contribution in [3.63, 3.8) is 0 Å². The Kier molecular flexibility index (Phi) is 3.79. The molecule has 0 unspecified atom stereocenters. The topological polar surface area (TPSA) is 50.4 Å². The van der Waals surface area contributed by atoms with Crippen LogP contribution in [-0.2, 0) is 0 Å². The van der Waals surface area contributed by atoms with Crippen molar-refractivity contribution < 1.29 is 9.53 Å². The zero-order chi connectivity index (χ0) is 10.4. The van der Waals surface area contributed by atoms with Crippen LogP contribution in [0.2, 0.25) is 0 Å². The van der Waals surface area contributed by atoms with Gasteiger partial charge in [0.25, 0.3) is 0 Å². The van der Waals surface area contributed by atoms with E-state index in [-0.39, 0.29) is 6.03 Å². The number of rotatable bonds is 3. The molecule has 76 valence electrons. The maximum atomic E-state index is 11.1. The summed E-state index contributed by atoms with van der Waals surface area (Å²) in [5.74, 6) is 0.679. The van der Waals surface area contributed by atoms with E-state index < -0.39 is 0 Å². The minimum absolute atomic E-state index is 0.253. The van der Waals surface area contributed by atoms with E-state index in [2.05, 4.69) is 10.6 Å². The van der Waals surface area contributed by atoms with Gasteiger partial charge in [-0.05, 0) is 19.1 Å². The summed E-state index contributed by atoms with van der Waals surface area (Å²) in [5, 5.41) is 5.15. The minimum atomic E-state index is -0.253. The fourth-order valence-electron chi connectivity index (χ4n) is 1.04. The number of nitrogens with one attached hydrogen (secondary N) is 2. The molecule has 2 amide bonds. The first-order valence-corrected chi connectivity index (χ1v) is 4.48. The Labute approximate surface area is 83.3 Å². The molecule has 0 aromatic heterocycles. The molecule has 0 heterocycles. The summed E-state index contributed by atoms with van der Waals surface area (Å²) in [6, 6.07) is 7.06. The average molecular weight is 194 g/mol. The number of para-hydroxylation sites is 2. The molecule has 0 aliphatic carbocycles. The number of urea groups is 1. The second-order valence-corrected chi connectivity index (χ2v) is 2.63. The Morgan fingerprint density at radius 1 is 1.43 bits per heavy atom. The fraction of sp³-hybridized carbons (Fsp3) is 0.300. The number of hydrogen-bond acceptors (Lipinski definition) is 2. The maximum Gasteiger partial charge on any atom is 0.319 e. The van der Waals surface area contributed by atoms with Crippen LogP contribution in [0, 0.1) is 0 Å². The number of amides is 2. The Bertz CT molecular complexity index is 313. The van der Waals surface area contributed by atoms with Gasteiger partial charge in [-0.2, -0.15) is 0 Å². The molecule has 0 saturated heterocycles. The van der Waals surface area contributed by atoms with Crippen molar-refractivity contribution in [3.8, 4) is 5.75 Å². The molecular weight excluding hydrogens is 180 g/mol. The standard InChI is InChI=1S/C10H14N2O2/c1-3-14-9-7-5-4-6-8(9)12-10(13)11-2/h4-7H,3H2,1-2H3,(H2,11,12,13). The van der Waals surface area contributed by atoms with Gasteiger partial charge in [-0.15, -0.1) is 0 Å². The molecule has 0 aliphatic heterocycles. The van der Waals surface area contributed by atoms with Gasteiger partial charge in [-0.3, -0.25) is 0 Å². The first-order valence-electron chi connectivity index (χ1n) is 4.48. The van der Waals surface area contributed by atoms with Gasteiger partial charge in [-0.25, -0.2) is 4.79 Å². The molecule has 1 rings (SSSR count). The molecule has 0 fully saturated rings. The molecule has 4 nitrogen and oxygen atoms in total. The lowest BCUT2D eigenvalue weighted by Crippen LogP contribution is -2.24. The van der Waals surface area contributed by atoms with Crippen LogP contribution in [0.1, 0.15) is 6.92 Å². The van der Waals surface area contributed by atoms with Gasteiger partial charge in [0.05, 0.1) is 12.3 Å². The van der Waals surface area contributed by atoms with Crippen LogP contribution >= 0.6 is 0 Å². The number of carbonyl (C=O) groups excluding carboxylic acids is 1. The first-order chi connectivity index (χ1) is 6.77. The first kappa shape index (κ1) is 10.4. The molecular formula is C10H14N2O2. The van der Waals surface area contributed by atoms with E-state index in [0.29, 0.717) is 18.0 Å². The summed E-state index contributed by atoms with van der Waals surface area (Å²) in [4.78, 5) is 11.1. The van der Waals surface area contributed by atoms with Gasteiger partial charge >= 0.3 is 6.03 Å². The van der Waals surface area contributed by atoms with E-state index in [4.69, 9.17) is 4.74 Å². The van der Waals surface area contributed by atoms with Crippen LogP contribution in [0.4, 0.5) is 10.5 Å². The van der Waals surface area contributed by atoms with Crippen molar-refractivity contribution >= 4 is 11.7 Å². The maximum absolute atomic E-state index is 11.1. The Morgan fingerprint density at radius 2 is 2.14 bits per heavy atom. The van der Waals surface area contributed by atoms with Crippen molar-refractivity contribution in [1.29, 1.82) is 0 Å². The quantitative estimate of drug-likeness (QED) is 0.771. The Hall–Kier alpha value is -1.71. The normalized spacial score (nSPS) is 9.29. The largest absolute Gasteiger partial charge is 0.492 e. The van der Waals surface area contributed by atoms with Crippen molar-refractivity contribution in [2.45, 2.75) is 6.92 Å². The SMILES string of the molecule is CCOc1ccccc1NC(=O)NC. The van der Waals surface area contributed by atoms with E-state index in [0.717, 1.165) is 0 Å². The molecule has 0 saturated carbocycles. The Balaban J connectivity index is 2.78.